The second kappa shape index (κ2) is 12.0. The highest BCUT2D eigenvalue weighted by Crippen LogP contribution is 2.33. The molecular formula is C25H22F6O. The molecule has 0 heterocycles. The molecule has 3 rings (SSSR count). The van der Waals surface area contributed by atoms with Crippen molar-refractivity contribution in [3.63, 3.8) is 0 Å². The fourth-order valence-corrected chi connectivity index (χ4v) is 3.23. The third-order valence-electron chi connectivity index (χ3n) is 4.64. The zero-order chi connectivity index (χ0) is 23.7. The zero-order valence-electron chi connectivity index (χ0n) is 17.6. The average Bonchev–Trinajstić information content (AvgIpc) is 2.77. The van der Waals surface area contributed by atoms with E-state index in [-0.39, 0.29) is 0 Å². The SMILES string of the molecule is CCCc1ccc(-c2ccc(-c3cc(F)c(OCF)c(F)c3)c(C)c2)cc1.FC=C(F)F. The van der Waals surface area contributed by atoms with E-state index in [2.05, 4.69) is 35.9 Å². The molecule has 0 N–H and O–H groups in total. The van der Waals surface area contributed by atoms with E-state index in [1.54, 1.807) is 0 Å². The second-order valence-corrected chi connectivity index (χ2v) is 6.90. The molecule has 170 valence electrons. The molecule has 0 spiro atoms. The summed E-state index contributed by atoms with van der Waals surface area (Å²) in [6.07, 6.45) is -0.877. The van der Waals surface area contributed by atoms with Gasteiger partial charge in [-0.1, -0.05) is 55.8 Å². The minimum absolute atomic E-state index is 0.388. The fraction of sp³-hybridized carbons (Fsp3) is 0.200. The molecular weight excluding hydrogens is 430 g/mol. The average molecular weight is 452 g/mol. The Balaban J connectivity index is 0.000000654. The first-order valence-electron chi connectivity index (χ1n) is 9.80. The number of aryl methyl sites for hydroxylation is 2. The molecule has 3 aromatic carbocycles. The molecule has 0 aliphatic heterocycles. The number of rotatable bonds is 6. The van der Waals surface area contributed by atoms with E-state index in [1.807, 2.05) is 25.1 Å². The first-order valence-corrected chi connectivity index (χ1v) is 9.80. The summed E-state index contributed by atoms with van der Waals surface area (Å²) >= 11 is 0. The second-order valence-electron chi connectivity index (χ2n) is 6.90. The van der Waals surface area contributed by atoms with Crippen molar-refractivity contribution in [3.8, 4) is 28.0 Å². The van der Waals surface area contributed by atoms with Gasteiger partial charge in [0.25, 0.3) is 6.08 Å². The van der Waals surface area contributed by atoms with E-state index in [4.69, 9.17) is 0 Å². The van der Waals surface area contributed by atoms with Crippen molar-refractivity contribution in [1.29, 1.82) is 0 Å². The van der Waals surface area contributed by atoms with Crippen LogP contribution in [0.2, 0.25) is 0 Å². The first-order chi connectivity index (χ1) is 15.3. The zero-order valence-corrected chi connectivity index (χ0v) is 17.6. The van der Waals surface area contributed by atoms with Gasteiger partial charge in [-0.25, -0.2) is 17.6 Å². The maximum atomic E-state index is 14.0. The van der Waals surface area contributed by atoms with Crippen molar-refractivity contribution in [1.82, 2.24) is 0 Å². The molecule has 0 unspecified atom stereocenters. The van der Waals surface area contributed by atoms with Gasteiger partial charge in [0.1, 0.15) is 0 Å². The van der Waals surface area contributed by atoms with Crippen LogP contribution in [-0.4, -0.2) is 6.86 Å². The topological polar surface area (TPSA) is 9.23 Å². The molecule has 0 amide bonds. The van der Waals surface area contributed by atoms with Crippen molar-refractivity contribution < 1.29 is 31.1 Å². The van der Waals surface area contributed by atoms with E-state index < -0.39 is 36.7 Å². The van der Waals surface area contributed by atoms with Crippen LogP contribution in [0, 0.1) is 18.6 Å². The van der Waals surface area contributed by atoms with Gasteiger partial charge in [0, 0.05) is 0 Å². The van der Waals surface area contributed by atoms with Gasteiger partial charge in [-0.05, 0) is 58.9 Å². The maximum Gasteiger partial charge on any atom is 0.298 e. The number of ether oxygens (including phenoxy) is 1. The van der Waals surface area contributed by atoms with Gasteiger partial charge < -0.3 is 4.74 Å². The van der Waals surface area contributed by atoms with Gasteiger partial charge >= 0.3 is 0 Å². The van der Waals surface area contributed by atoms with E-state index in [1.165, 1.54) is 5.56 Å². The van der Waals surface area contributed by atoms with Crippen LogP contribution >= 0.6 is 0 Å². The summed E-state index contributed by atoms with van der Waals surface area (Å²) in [6, 6.07) is 16.5. The molecule has 1 nitrogen and oxygen atoms in total. The number of hydrogen-bond donors (Lipinski definition) is 0. The lowest BCUT2D eigenvalue weighted by atomic mass is 9.95. The van der Waals surface area contributed by atoms with Gasteiger partial charge in [-0.2, -0.15) is 8.78 Å². The van der Waals surface area contributed by atoms with Crippen molar-refractivity contribution in [2.24, 2.45) is 0 Å². The lowest BCUT2D eigenvalue weighted by molar-refractivity contribution is 0.176. The van der Waals surface area contributed by atoms with Crippen LogP contribution in [0.15, 0.2) is 67.0 Å². The number of alkyl halides is 1. The molecule has 0 atom stereocenters. The molecule has 0 aromatic heterocycles. The Labute approximate surface area is 183 Å². The predicted molar refractivity (Wildman–Crippen MR) is 114 cm³/mol. The summed E-state index contributed by atoms with van der Waals surface area (Å²) in [5, 5.41) is 0. The van der Waals surface area contributed by atoms with Crippen LogP contribution in [0.4, 0.5) is 26.3 Å². The van der Waals surface area contributed by atoms with Gasteiger partial charge in [-0.15, -0.1) is 0 Å². The van der Waals surface area contributed by atoms with Crippen LogP contribution in [0.25, 0.3) is 22.3 Å². The molecule has 0 fully saturated rings. The Kier molecular flexibility index (Phi) is 9.38. The molecule has 3 aromatic rings. The van der Waals surface area contributed by atoms with Gasteiger partial charge in [0.05, 0.1) is 0 Å². The summed E-state index contributed by atoms with van der Waals surface area (Å²) in [5.74, 6) is -2.53. The van der Waals surface area contributed by atoms with Crippen LogP contribution in [0.5, 0.6) is 5.75 Å². The van der Waals surface area contributed by atoms with Gasteiger partial charge in [0.2, 0.25) is 6.86 Å². The van der Waals surface area contributed by atoms with Crippen molar-refractivity contribution in [2.75, 3.05) is 6.86 Å². The highest BCUT2D eigenvalue weighted by atomic mass is 19.3. The van der Waals surface area contributed by atoms with Crippen LogP contribution in [0.1, 0.15) is 24.5 Å². The third kappa shape index (κ3) is 6.64. The van der Waals surface area contributed by atoms with Crippen LogP contribution in [0.3, 0.4) is 0 Å². The smallest absolute Gasteiger partial charge is 0.298 e. The molecule has 0 bridgehead atoms. The van der Waals surface area contributed by atoms with Crippen molar-refractivity contribution >= 4 is 0 Å². The monoisotopic (exact) mass is 452 g/mol. The largest absolute Gasteiger partial charge is 0.457 e. The number of halogens is 6. The molecule has 0 aliphatic carbocycles. The summed E-state index contributed by atoms with van der Waals surface area (Å²) < 4.78 is 75.4. The minimum Gasteiger partial charge on any atom is -0.457 e. The normalized spacial score (nSPS) is 10.2. The Morgan fingerprint density at radius 2 is 1.44 bits per heavy atom. The fourth-order valence-electron chi connectivity index (χ4n) is 3.23. The highest BCUT2D eigenvalue weighted by Gasteiger charge is 2.15. The molecule has 0 saturated carbocycles. The quantitative estimate of drug-likeness (QED) is 0.341. The van der Waals surface area contributed by atoms with Crippen molar-refractivity contribution in [3.05, 3.63) is 89.8 Å². The highest BCUT2D eigenvalue weighted by molar-refractivity contribution is 5.74. The Morgan fingerprint density at radius 1 is 0.875 bits per heavy atom. The molecule has 0 aliphatic rings. The standard InChI is InChI=1S/C23H21F3O.C2HF3/c1-3-4-16-5-7-17(8-6-16)18-9-10-20(15(2)11-18)19-12-21(25)23(27-14-24)22(26)13-19;3-1-2(4)5/h5-13H,3-4,14H2,1-2H3;1H. The van der Waals surface area contributed by atoms with E-state index in [0.29, 0.717) is 11.1 Å². The maximum absolute atomic E-state index is 14.0. The first kappa shape index (κ1) is 25.0. The van der Waals surface area contributed by atoms with Crippen LogP contribution in [-0.2, 0) is 6.42 Å². The van der Waals surface area contributed by atoms with E-state index in [0.717, 1.165) is 41.7 Å². The van der Waals surface area contributed by atoms with Gasteiger partial charge in [-0.3, -0.25) is 0 Å². The van der Waals surface area contributed by atoms with Crippen LogP contribution < -0.4 is 4.74 Å². The number of benzene rings is 3. The van der Waals surface area contributed by atoms with E-state index in [9.17, 15) is 26.3 Å². The molecule has 7 heteroatoms. The lowest BCUT2D eigenvalue weighted by Crippen LogP contribution is -1.98. The Bertz CT molecular complexity index is 1030. The van der Waals surface area contributed by atoms with Crippen molar-refractivity contribution in [2.45, 2.75) is 26.7 Å². The Morgan fingerprint density at radius 3 is 1.91 bits per heavy atom. The van der Waals surface area contributed by atoms with E-state index >= 15 is 0 Å². The molecule has 0 saturated heterocycles. The third-order valence-corrected chi connectivity index (χ3v) is 4.64. The summed E-state index contributed by atoms with van der Waals surface area (Å²) in [6.45, 7) is 2.77. The summed E-state index contributed by atoms with van der Waals surface area (Å²) in [4.78, 5) is 0. The lowest BCUT2D eigenvalue weighted by Gasteiger charge is -2.12. The number of hydrogen-bond acceptors (Lipinski definition) is 1. The molecule has 32 heavy (non-hydrogen) atoms. The van der Waals surface area contributed by atoms with Gasteiger partial charge in [0.15, 0.2) is 23.7 Å². The minimum atomic E-state index is -2.29. The Hall–Kier alpha value is -3.22. The summed E-state index contributed by atoms with van der Waals surface area (Å²) in [5.41, 5.74) is 5.43. The predicted octanol–water partition coefficient (Wildman–Crippen LogP) is 8.56. The molecule has 0 radical (unpaired) electrons. The summed E-state index contributed by atoms with van der Waals surface area (Å²) in [7, 11) is 0.